The summed E-state index contributed by atoms with van der Waals surface area (Å²) in [6, 6.07) is 12.4. The zero-order valence-electron chi connectivity index (χ0n) is 17.2. The number of aromatic nitrogens is 1. The van der Waals surface area contributed by atoms with Crippen LogP contribution in [0.4, 0.5) is 5.13 Å². The summed E-state index contributed by atoms with van der Waals surface area (Å²) >= 11 is 1.66. The van der Waals surface area contributed by atoms with E-state index < -0.39 is 0 Å². The maximum absolute atomic E-state index is 5.47. The molecule has 0 radical (unpaired) electrons. The van der Waals surface area contributed by atoms with Crippen LogP contribution < -0.4 is 14.8 Å². The van der Waals surface area contributed by atoms with Crippen LogP contribution in [0.25, 0.3) is 10.2 Å². The van der Waals surface area contributed by atoms with Crippen molar-refractivity contribution in [1.82, 2.24) is 9.88 Å². The minimum absolute atomic E-state index is 0.760. The van der Waals surface area contributed by atoms with Crippen molar-refractivity contribution in [3.8, 4) is 11.5 Å². The van der Waals surface area contributed by atoms with Gasteiger partial charge < -0.3 is 19.7 Å². The lowest BCUT2D eigenvalue weighted by Gasteiger charge is -2.26. The lowest BCUT2D eigenvalue weighted by molar-refractivity contribution is 0.231. The van der Waals surface area contributed by atoms with Gasteiger partial charge in [-0.3, -0.25) is 0 Å². The molecule has 6 heteroatoms. The van der Waals surface area contributed by atoms with Crippen LogP contribution in [0, 0.1) is 0 Å². The molecule has 0 amide bonds. The first-order valence-electron chi connectivity index (χ1n) is 10.3. The fraction of sp³-hybridized carbons (Fsp3) is 0.435. The number of nitrogens with one attached hydrogen (secondary N) is 1. The number of thiazole rings is 1. The summed E-state index contributed by atoms with van der Waals surface area (Å²) in [6.07, 6.45) is 5.08. The SMILES string of the molecule is COc1ccc(CNc2nc3ccc(OC)cc3s2)c(CCN2CCCCC2)c1. The Kier molecular flexibility index (Phi) is 6.52. The van der Waals surface area contributed by atoms with E-state index in [1.165, 1.54) is 43.5 Å². The quantitative estimate of drug-likeness (QED) is 0.568. The van der Waals surface area contributed by atoms with Crippen LogP contribution in [0.1, 0.15) is 30.4 Å². The van der Waals surface area contributed by atoms with Gasteiger partial charge in [-0.05, 0) is 73.8 Å². The molecular formula is C23H29N3O2S. The molecule has 29 heavy (non-hydrogen) atoms. The summed E-state index contributed by atoms with van der Waals surface area (Å²) in [5.41, 5.74) is 3.66. The van der Waals surface area contributed by atoms with Crippen LogP contribution >= 0.6 is 11.3 Å². The molecule has 1 saturated heterocycles. The maximum atomic E-state index is 5.47. The maximum Gasteiger partial charge on any atom is 0.184 e. The summed E-state index contributed by atoms with van der Waals surface area (Å²) in [5.74, 6) is 1.79. The second-order valence-corrected chi connectivity index (χ2v) is 8.52. The van der Waals surface area contributed by atoms with Crippen LogP contribution in [0.3, 0.4) is 0 Å². The molecule has 2 aromatic carbocycles. The first-order valence-corrected chi connectivity index (χ1v) is 11.1. The van der Waals surface area contributed by atoms with Gasteiger partial charge in [-0.1, -0.05) is 23.8 Å². The van der Waals surface area contributed by atoms with Crippen LogP contribution in [0.2, 0.25) is 0 Å². The van der Waals surface area contributed by atoms with Gasteiger partial charge in [-0.25, -0.2) is 4.98 Å². The molecule has 0 aliphatic carbocycles. The average Bonchev–Trinajstić information content (AvgIpc) is 3.19. The van der Waals surface area contributed by atoms with Crippen LogP contribution in [-0.2, 0) is 13.0 Å². The number of anilines is 1. The second-order valence-electron chi connectivity index (χ2n) is 7.49. The first-order chi connectivity index (χ1) is 14.2. The Morgan fingerprint density at radius 3 is 2.52 bits per heavy atom. The average molecular weight is 412 g/mol. The summed E-state index contributed by atoms with van der Waals surface area (Å²) in [4.78, 5) is 7.29. The molecule has 0 saturated carbocycles. The molecule has 5 nitrogen and oxygen atoms in total. The Morgan fingerprint density at radius 1 is 0.966 bits per heavy atom. The van der Waals surface area contributed by atoms with E-state index in [1.807, 2.05) is 24.3 Å². The Bertz CT molecular complexity index is 950. The molecule has 1 aliphatic heterocycles. The van der Waals surface area contributed by atoms with Crippen LogP contribution in [-0.4, -0.2) is 43.7 Å². The largest absolute Gasteiger partial charge is 0.497 e. The number of piperidine rings is 1. The molecule has 0 atom stereocenters. The number of rotatable bonds is 8. The highest BCUT2D eigenvalue weighted by Gasteiger charge is 2.12. The van der Waals surface area contributed by atoms with Crippen molar-refractivity contribution in [2.24, 2.45) is 0 Å². The van der Waals surface area contributed by atoms with Gasteiger partial charge in [-0.15, -0.1) is 0 Å². The highest BCUT2D eigenvalue weighted by atomic mass is 32.1. The topological polar surface area (TPSA) is 46.6 Å². The summed E-state index contributed by atoms with van der Waals surface area (Å²) < 4.78 is 11.9. The molecule has 2 heterocycles. The molecule has 1 aromatic heterocycles. The van der Waals surface area contributed by atoms with Gasteiger partial charge in [-0.2, -0.15) is 0 Å². The number of fused-ring (bicyclic) bond motifs is 1. The number of hydrogen-bond acceptors (Lipinski definition) is 6. The van der Waals surface area contributed by atoms with Crippen molar-refractivity contribution in [3.63, 3.8) is 0 Å². The van der Waals surface area contributed by atoms with E-state index in [2.05, 4.69) is 22.3 Å². The van der Waals surface area contributed by atoms with Gasteiger partial charge in [0.1, 0.15) is 11.5 Å². The Balaban J connectivity index is 1.45. The molecular weight excluding hydrogens is 382 g/mol. The van der Waals surface area contributed by atoms with Crippen molar-refractivity contribution in [1.29, 1.82) is 0 Å². The summed E-state index contributed by atoms with van der Waals surface area (Å²) in [5, 5.41) is 4.45. The lowest BCUT2D eigenvalue weighted by atomic mass is 10.0. The first kappa shape index (κ1) is 20.0. The van der Waals surface area contributed by atoms with Crippen molar-refractivity contribution < 1.29 is 9.47 Å². The molecule has 1 aliphatic rings. The van der Waals surface area contributed by atoms with Gasteiger partial charge in [0, 0.05) is 13.1 Å². The highest BCUT2D eigenvalue weighted by Crippen LogP contribution is 2.30. The molecule has 0 unspecified atom stereocenters. The predicted molar refractivity (Wildman–Crippen MR) is 120 cm³/mol. The van der Waals surface area contributed by atoms with E-state index in [-0.39, 0.29) is 0 Å². The normalized spacial score (nSPS) is 14.8. The Morgan fingerprint density at radius 2 is 1.72 bits per heavy atom. The molecule has 154 valence electrons. The number of likely N-dealkylation sites (tertiary alicyclic amines) is 1. The predicted octanol–water partition coefficient (Wildman–Crippen LogP) is 4.95. The highest BCUT2D eigenvalue weighted by molar-refractivity contribution is 7.22. The third-order valence-electron chi connectivity index (χ3n) is 5.59. The summed E-state index contributed by atoms with van der Waals surface area (Å²) in [6.45, 7) is 4.33. The molecule has 0 bridgehead atoms. The van der Waals surface area contributed by atoms with E-state index >= 15 is 0 Å². The zero-order valence-corrected chi connectivity index (χ0v) is 18.1. The number of ether oxygens (including phenoxy) is 2. The van der Waals surface area contributed by atoms with Crippen LogP contribution in [0.5, 0.6) is 11.5 Å². The van der Waals surface area contributed by atoms with Gasteiger partial charge >= 0.3 is 0 Å². The third-order valence-corrected chi connectivity index (χ3v) is 6.56. The number of hydrogen-bond donors (Lipinski definition) is 1. The molecule has 1 N–H and O–H groups in total. The fourth-order valence-corrected chi connectivity index (χ4v) is 4.76. The van der Waals surface area contributed by atoms with Crippen molar-refractivity contribution in [2.45, 2.75) is 32.2 Å². The number of nitrogens with zero attached hydrogens (tertiary/aromatic N) is 2. The zero-order chi connectivity index (χ0) is 20.1. The monoisotopic (exact) mass is 411 g/mol. The molecule has 4 rings (SSSR count). The Labute approximate surface area is 176 Å². The van der Waals surface area contributed by atoms with E-state index in [1.54, 1.807) is 25.6 Å². The Hall–Kier alpha value is -2.31. The minimum atomic E-state index is 0.760. The van der Waals surface area contributed by atoms with Crippen molar-refractivity contribution in [3.05, 3.63) is 47.5 Å². The molecule has 1 fully saturated rings. The lowest BCUT2D eigenvalue weighted by Crippen LogP contribution is -2.31. The van der Waals surface area contributed by atoms with Crippen molar-refractivity contribution in [2.75, 3.05) is 39.2 Å². The number of benzene rings is 2. The van der Waals surface area contributed by atoms with Gasteiger partial charge in [0.15, 0.2) is 5.13 Å². The van der Waals surface area contributed by atoms with E-state index in [0.717, 1.165) is 46.4 Å². The van der Waals surface area contributed by atoms with Gasteiger partial charge in [0.25, 0.3) is 0 Å². The molecule has 3 aromatic rings. The van der Waals surface area contributed by atoms with E-state index in [0.29, 0.717) is 0 Å². The third kappa shape index (κ3) is 5.00. The van der Waals surface area contributed by atoms with Crippen molar-refractivity contribution >= 4 is 26.7 Å². The van der Waals surface area contributed by atoms with Crippen LogP contribution in [0.15, 0.2) is 36.4 Å². The van der Waals surface area contributed by atoms with Gasteiger partial charge in [0.2, 0.25) is 0 Å². The standard InChI is InChI=1S/C23H29N3O2S/c1-27-19-7-6-18(17(14-19)10-13-26-11-4-3-5-12-26)16-24-23-25-21-9-8-20(28-2)15-22(21)29-23/h6-9,14-15H,3-5,10-13,16H2,1-2H3,(H,24,25). The molecule has 0 spiro atoms. The fourth-order valence-electron chi connectivity index (χ4n) is 3.87. The van der Waals surface area contributed by atoms with E-state index in [4.69, 9.17) is 14.5 Å². The smallest absolute Gasteiger partial charge is 0.184 e. The summed E-state index contributed by atoms with van der Waals surface area (Å²) in [7, 11) is 3.42. The van der Waals surface area contributed by atoms with Gasteiger partial charge in [0.05, 0.1) is 24.4 Å². The van der Waals surface area contributed by atoms with E-state index in [9.17, 15) is 0 Å². The minimum Gasteiger partial charge on any atom is -0.497 e. The second kappa shape index (κ2) is 9.46. The number of methoxy groups -OCH3 is 2.